The number of hydrogen-bond acceptors (Lipinski definition) is 9. The second kappa shape index (κ2) is 19.1. The average Bonchev–Trinajstić information content (AvgIpc) is 3.53. The molecule has 0 aromatic carbocycles. The van der Waals surface area contributed by atoms with Crippen LogP contribution in [0.15, 0.2) is 24.3 Å². The minimum absolute atomic E-state index is 0.0494. The molecule has 0 saturated heterocycles. The van der Waals surface area contributed by atoms with Gasteiger partial charge in [0.05, 0.1) is 42.4 Å². The van der Waals surface area contributed by atoms with E-state index in [-0.39, 0.29) is 18.6 Å². The predicted molar refractivity (Wildman–Crippen MR) is 168 cm³/mol. The smallest absolute Gasteiger partial charge is 0.308 e. The largest absolute Gasteiger partial charge is 0.493 e. The molecule has 0 amide bonds. The van der Waals surface area contributed by atoms with Crippen LogP contribution >= 0.6 is 34.0 Å². The summed E-state index contributed by atoms with van der Waals surface area (Å²) < 4.78 is 16.2. The third-order valence-electron chi connectivity index (χ3n) is 4.88. The Morgan fingerprint density at radius 1 is 0.732 bits per heavy atom. The zero-order valence-corrected chi connectivity index (χ0v) is 27.1. The second-order valence-electron chi connectivity index (χ2n) is 8.58. The SMILES string of the molecule is CCOc1cc(C)sc1/C=C/C(C)=O.CCOc1cc(C)sc1CC(=O)O.CCOc1cc(C)sc1CCC(=O)O. The molecule has 226 valence electrons. The number of carbonyl (C=O) groups is 3. The fourth-order valence-corrected chi connectivity index (χ4v) is 6.19. The van der Waals surface area contributed by atoms with Gasteiger partial charge in [0, 0.05) is 19.5 Å². The Bertz CT molecular complexity index is 1280. The van der Waals surface area contributed by atoms with Crippen molar-refractivity contribution in [3.05, 3.63) is 53.5 Å². The van der Waals surface area contributed by atoms with Crippen LogP contribution in [-0.4, -0.2) is 47.8 Å². The van der Waals surface area contributed by atoms with Crippen molar-refractivity contribution in [1.29, 1.82) is 0 Å². The van der Waals surface area contributed by atoms with Crippen molar-refractivity contribution >= 4 is 57.8 Å². The zero-order valence-electron chi connectivity index (χ0n) is 24.7. The van der Waals surface area contributed by atoms with E-state index in [4.69, 9.17) is 24.4 Å². The Morgan fingerprint density at radius 2 is 1.20 bits per heavy atom. The first-order chi connectivity index (χ1) is 19.4. The molecule has 0 atom stereocenters. The van der Waals surface area contributed by atoms with E-state index in [9.17, 15) is 14.4 Å². The minimum Gasteiger partial charge on any atom is -0.493 e. The van der Waals surface area contributed by atoms with Crippen molar-refractivity contribution in [2.75, 3.05) is 19.8 Å². The molecule has 0 unspecified atom stereocenters. The summed E-state index contributed by atoms with van der Waals surface area (Å²) in [5, 5.41) is 17.2. The highest BCUT2D eigenvalue weighted by molar-refractivity contribution is 7.13. The molecule has 0 aliphatic rings. The molecule has 0 saturated carbocycles. The molecule has 2 N–H and O–H groups in total. The number of aliphatic carboxylic acids is 2. The fraction of sp³-hybridized carbons (Fsp3) is 0.433. The van der Waals surface area contributed by atoms with Crippen LogP contribution in [0, 0.1) is 20.8 Å². The van der Waals surface area contributed by atoms with Crippen LogP contribution in [0.25, 0.3) is 6.08 Å². The van der Waals surface area contributed by atoms with Crippen molar-refractivity contribution in [2.24, 2.45) is 0 Å². The number of thiophene rings is 3. The molecule has 0 fully saturated rings. The normalized spacial score (nSPS) is 10.3. The molecular formula is C30H40O8S3. The predicted octanol–water partition coefficient (Wildman–Crippen LogP) is 7.61. The third kappa shape index (κ3) is 14.3. The Hall–Kier alpha value is -3.15. The number of carboxylic acid groups (broad SMARTS) is 2. The molecule has 0 aliphatic carbocycles. The van der Waals surface area contributed by atoms with Crippen LogP contribution in [0.2, 0.25) is 0 Å². The molecule has 0 aliphatic heterocycles. The molecule has 0 radical (unpaired) electrons. The molecule has 11 heteroatoms. The number of ether oxygens (including phenoxy) is 3. The van der Waals surface area contributed by atoms with E-state index in [1.807, 2.05) is 65.8 Å². The minimum atomic E-state index is -0.817. The molecule has 3 rings (SSSR count). The first-order valence-electron chi connectivity index (χ1n) is 13.2. The van der Waals surface area contributed by atoms with Crippen LogP contribution < -0.4 is 14.2 Å². The summed E-state index contributed by atoms with van der Waals surface area (Å²) in [5.41, 5.74) is 0. The van der Waals surface area contributed by atoms with Crippen LogP contribution in [0.4, 0.5) is 0 Å². The van der Waals surface area contributed by atoms with E-state index < -0.39 is 11.9 Å². The van der Waals surface area contributed by atoms with Crippen molar-refractivity contribution in [2.45, 2.75) is 67.7 Å². The van der Waals surface area contributed by atoms with Gasteiger partial charge in [-0.25, -0.2) is 0 Å². The van der Waals surface area contributed by atoms with Crippen molar-refractivity contribution < 1.29 is 38.8 Å². The summed E-state index contributed by atoms with van der Waals surface area (Å²) in [6.45, 7) is 15.1. The zero-order chi connectivity index (χ0) is 30.9. The van der Waals surface area contributed by atoms with Crippen molar-refractivity contribution in [3.8, 4) is 17.2 Å². The van der Waals surface area contributed by atoms with Crippen LogP contribution in [-0.2, 0) is 27.2 Å². The van der Waals surface area contributed by atoms with Crippen LogP contribution in [0.1, 0.15) is 63.4 Å². The van der Waals surface area contributed by atoms with E-state index in [1.54, 1.807) is 28.7 Å². The van der Waals surface area contributed by atoms with E-state index >= 15 is 0 Å². The molecule has 0 bridgehead atoms. The highest BCUT2D eigenvalue weighted by Crippen LogP contribution is 2.31. The van der Waals surface area contributed by atoms with Crippen LogP contribution in [0.3, 0.4) is 0 Å². The van der Waals surface area contributed by atoms with Gasteiger partial charge in [0.2, 0.25) is 0 Å². The number of hydrogen-bond donors (Lipinski definition) is 2. The molecule has 41 heavy (non-hydrogen) atoms. The second-order valence-corrected chi connectivity index (χ2v) is 12.6. The highest BCUT2D eigenvalue weighted by Gasteiger charge is 2.11. The molecule has 0 spiro atoms. The van der Waals surface area contributed by atoms with Gasteiger partial charge in [-0.2, -0.15) is 0 Å². The Morgan fingerprint density at radius 3 is 1.68 bits per heavy atom. The van der Waals surface area contributed by atoms with Gasteiger partial charge in [-0.05, 0) is 85.2 Å². The van der Waals surface area contributed by atoms with Gasteiger partial charge < -0.3 is 24.4 Å². The Balaban J connectivity index is 0.000000308. The summed E-state index contributed by atoms with van der Waals surface area (Å²) in [6.07, 6.45) is 4.15. The monoisotopic (exact) mass is 624 g/mol. The van der Waals surface area contributed by atoms with Gasteiger partial charge in [0.25, 0.3) is 0 Å². The van der Waals surface area contributed by atoms with Gasteiger partial charge in [0.15, 0.2) is 5.78 Å². The lowest BCUT2D eigenvalue weighted by Crippen LogP contribution is -2.00. The van der Waals surface area contributed by atoms with E-state index in [2.05, 4.69) is 0 Å². The average molecular weight is 625 g/mol. The molecule has 8 nitrogen and oxygen atoms in total. The van der Waals surface area contributed by atoms with Crippen LogP contribution in [0.5, 0.6) is 17.2 Å². The van der Waals surface area contributed by atoms with Gasteiger partial charge in [-0.15, -0.1) is 34.0 Å². The van der Waals surface area contributed by atoms with Gasteiger partial charge in [-0.3, -0.25) is 14.4 Å². The summed E-state index contributed by atoms with van der Waals surface area (Å²) in [6, 6.07) is 5.84. The maximum Gasteiger partial charge on any atom is 0.308 e. The lowest BCUT2D eigenvalue weighted by molar-refractivity contribution is -0.137. The third-order valence-corrected chi connectivity index (χ3v) is 8.00. The molecular weight excluding hydrogens is 585 g/mol. The first-order valence-corrected chi connectivity index (χ1v) is 15.6. The molecule has 3 aromatic heterocycles. The number of allylic oxidation sites excluding steroid dienone is 1. The first kappa shape index (κ1) is 35.9. The van der Waals surface area contributed by atoms with E-state index in [0.29, 0.717) is 32.0 Å². The quantitative estimate of drug-likeness (QED) is 0.187. The maximum absolute atomic E-state index is 10.8. The summed E-state index contributed by atoms with van der Waals surface area (Å²) in [5.74, 6) is 0.899. The summed E-state index contributed by atoms with van der Waals surface area (Å²) >= 11 is 4.72. The van der Waals surface area contributed by atoms with Crippen molar-refractivity contribution in [1.82, 2.24) is 0 Å². The summed E-state index contributed by atoms with van der Waals surface area (Å²) in [7, 11) is 0. The highest BCUT2D eigenvalue weighted by atomic mass is 32.1. The summed E-state index contributed by atoms with van der Waals surface area (Å²) in [4.78, 5) is 37.9. The van der Waals surface area contributed by atoms with E-state index in [0.717, 1.165) is 35.9 Å². The van der Waals surface area contributed by atoms with Crippen molar-refractivity contribution in [3.63, 3.8) is 0 Å². The number of aryl methyl sites for hydroxylation is 4. The standard InChI is InChI=1S/C11H14O2S.C10H14O3S.C9H12O3S/c1-4-13-10-7-9(3)14-11(10)6-5-8(2)12;1-3-13-8-6-7(2)14-9(8)4-5-10(11)12;1-3-12-7-4-6(2)13-8(7)5-9(10)11/h5-7H,4H2,1-3H3;6H,3-5H2,1-2H3,(H,11,12);4H,3,5H2,1-2H3,(H,10,11)/b6-5+;;. The number of carbonyl (C=O) groups excluding carboxylic acids is 1. The fourth-order valence-electron chi connectivity index (χ4n) is 3.38. The number of rotatable bonds is 13. The van der Waals surface area contributed by atoms with Gasteiger partial charge >= 0.3 is 11.9 Å². The lowest BCUT2D eigenvalue weighted by Gasteiger charge is -2.02. The van der Waals surface area contributed by atoms with E-state index in [1.165, 1.54) is 23.1 Å². The van der Waals surface area contributed by atoms with Gasteiger partial charge in [0.1, 0.15) is 17.2 Å². The lowest BCUT2D eigenvalue weighted by atomic mass is 10.2. The van der Waals surface area contributed by atoms with Gasteiger partial charge in [-0.1, -0.05) is 0 Å². The Labute approximate surface area is 254 Å². The number of carboxylic acids is 2. The molecule has 3 aromatic rings. The molecule has 3 heterocycles. The maximum atomic E-state index is 10.8. The topological polar surface area (TPSA) is 119 Å². The number of ketones is 1. The Kier molecular flexibility index (Phi) is 16.7.